The first kappa shape index (κ1) is 20.7. The third-order valence-electron chi connectivity index (χ3n) is 3.67. The Hall–Kier alpha value is -2.58. The molecule has 0 bridgehead atoms. The van der Waals surface area contributed by atoms with Gasteiger partial charge in [-0.25, -0.2) is 13.2 Å². The van der Waals surface area contributed by atoms with E-state index in [9.17, 15) is 18.0 Å². The molecule has 0 fully saturated rings. The molecule has 7 nitrogen and oxygen atoms in total. The molecule has 0 aliphatic carbocycles. The number of carbonyl (C=O) groups is 2. The number of ether oxygens (including phenoxy) is 1. The first-order chi connectivity index (χ1) is 12.7. The molecular weight excluding hydrogens is 392 g/mol. The molecule has 2 aromatic rings. The largest absolute Gasteiger partial charge is 0.465 e. The van der Waals surface area contributed by atoms with Crippen molar-refractivity contribution >= 4 is 39.2 Å². The summed E-state index contributed by atoms with van der Waals surface area (Å²) in [6.07, 6.45) is 1.01. The molecule has 0 aliphatic heterocycles. The molecule has 1 N–H and O–H groups in total. The van der Waals surface area contributed by atoms with Gasteiger partial charge >= 0.3 is 5.97 Å². The highest BCUT2D eigenvalue weighted by Crippen LogP contribution is 2.18. The molecule has 1 amide bonds. The zero-order valence-corrected chi connectivity index (χ0v) is 16.4. The SMILES string of the molecule is COC(=O)c1ccc(N(CC(=O)NCc2ccc(Cl)cc2)S(C)(=O)=O)cc1. The minimum atomic E-state index is -3.70. The number of nitrogens with zero attached hydrogens (tertiary/aromatic N) is 1. The fraction of sp³-hybridized carbons (Fsp3) is 0.222. The second-order valence-corrected chi connectivity index (χ2v) is 8.05. The van der Waals surface area contributed by atoms with Gasteiger partial charge in [0, 0.05) is 11.6 Å². The Morgan fingerprint density at radius 2 is 1.67 bits per heavy atom. The van der Waals surface area contributed by atoms with Crippen LogP contribution < -0.4 is 9.62 Å². The van der Waals surface area contributed by atoms with Gasteiger partial charge in [-0.15, -0.1) is 0 Å². The molecule has 0 aliphatic rings. The van der Waals surface area contributed by atoms with Gasteiger partial charge in [0.15, 0.2) is 0 Å². The van der Waals surface area contributed by atoms with Crippen LogP contribution in [0.15, 0.2) is 48.5 Å². The molecule has 0 aromatic heterocycles. The number of esters is 1. The van der Waals surface area contributed by atoms with Gasteiger partial charge in [0.1, 0.15) is 6.54 Å². The summed E-state index contributed by atoms with van der Waals surface area (Å²) in [7, 11) is -2.45. The Kier molecular flexibility index (Phi) is 6.81. The van der Waals surface area contributed by atoms with Crippen molar-refractivity contribution in [3.05, 3.63) is 64.7 Å². The quantitative estimate of drug-likeness (QED) is 0.706. The first-order valence-corrected chi connectivity index (χ1v) is 10.1. The molecule has 0 saturated heterocycles. The molecule has 2 rings (SSSR count). The monoisotopic (exact) mass is 410 g/mol. The summed E-state index contributed by atoms with van der Waals surface area (Å²) in [4.78, 5) is 23.7. The topological polar surface area (TPSA) is 92.8 Å². The van der Waals surface area contributed by atoms with Crippen molar-refractivity contribution in [1.82, 2.24) is 5.32 Å². The van der Waals surface area contributed by atoms with Gasteiger partial charge in [0.25, 0.3) is 0 Å². The van der Waals surface area contributed by atoms with E-state index in [0.29, 0.717) is 5.02 Å². The number of benzene rings is 2. The molecule has 27 heavy (non-hydrogen) atoms. The number of hydrogen-bond donors (Lipinski definition) is 1. The molecule has 0 saturated carbocycles. The van der Waals surface area contributed by atoms with Gasteiger partial charge in [-0.2, -0.15) is 0 Å². The van der Waals surface area contributed by atoms with Crippen LogP contribution in [0, 0.1) is 0 Å². The number of methoxy groups -OCH3 is 1. The van der Waals surface area contributed by atoms with Crippen LogP contribution in [0.4, 0.5) is 5.69 Å². The first-order valence-electron chi connectivity index (χ1n) is 7.88. The fourth-order valence-corrected chi connectivity index (χ4v) is 3.25. The lowest BCUT2D eigenvalue weighted by Gasteiger charge is -2.22. The van der Waals surface area contributed by atoms with Crippen LogP contribution in [0.3, 0.4) is 0 Å². The van der Waals surface area contributed by atoms with Crippen LogP contribution in [-0.4, -0.2) is 40.2 Å². The number of carbonyl (C=O) groups excluding carboxylic acids is 2. The lowest BCUT2D eigenvalue weighted by Crippen LogP contribution is -2.40. The van der Waals surface area contributed by atoms with Gasteiger partial charge in [-0.3, -0.25) is 9.10 Å². The van der Waals surface area contributed by atoms with E-state index in [1.807, 2.05) is 0 Å². The van der Waals surface area contributed by atoms with Crippen LogP contribution >= 0.6 is 11.6 Å². The van der Waals surface area contributed by atoms with Gasteiger partial charge in [0.05, 0.1) is 24.6 Å². The van der Waals surface area contributed by atoms with E-state index < -0.39 is 21.9 Å². The molecule has 0 atom stereocenters. The zero-order chi connectivity index (χ0) is 20.0. The maximum atomic E-state index is 12.2. The molecule has 0 unspecified atom stereocenters. The van der Waals surface area contributed by atoms with Crippen molar-refractivity contribution < 1.29 is 22.7 Å². The van der Waals surface area contributed by atoms with Gasteiger partial charge in [-0.1, -0.05) is 23.7 Å². The number of hydrogen-bond acceptors (Lipinski definition) is 5. The molecule has 0 radical (unpaired) electrons. The summed E-state index contributed by atoms with van der Waals surface area (Å²) in [5.74, 6) is -0.999. The van der Waals surface area contributed by atoms with Gasteiger partial charge < -0.3 is 10.1 Å². The third kappa shape index (κ3) is 5.97. The minimum Gasteiger partial charge on any atom is -0.465 e. The molecule has 0 heterocycles. The minimum absolute atomic E-state index is 0.245. The Balaban J connectivity index is 2.09. The normalized spacial score (nSPS) is 10.9. The highest BCUT2D eigenvalue weighted by atomic mass is 35.5. The highest BCUT2D eigenvalue weighted by Gasteiger charge is 2.21. The van der Waals surface area contributed by atoms with Crippen LogP contribution in [-0.2, 0) is 26.1 Å². The highest BCUT2D eigenvalue weighted by molar-refractivity contribution is 7.92. The second kappa shape index (κ2) is 8.88. The van der Waals surface area contributed by atoms with Crippen molar-refractivity contribution in [3.63, 3.8) is 0 Å². The van der Waals surface area contributed by atoms with E-state index in [1.165, 1.54) is 31.4 Å². The summed E-state index contributed by atoms with van der Waals surface area (Å²) >= 11 is 5.81. The summed E-state index contributed by atoms with van der Waals surface area (Å²) < 4.78 is 29.8. The van der Waals surface area contributed by atoms with Crippen LogP contribution in [0.25, 0.3) is 0 Å². The smallest absolute Gasteiger partial charge is 0.337 e. The van der Waals surface area contributed by atoms with Gasteiger partial charge in [-0.05, 0) is 42.0 Å². The number of amides is 1. The predicted molar refractivity (Wildman–Crippen MR) is 103 cm³/mol. The number of halogens is 1. The van der Waals surface area contributed by atoms with E-state index in [-0.39, 0.29) is 24.3 Å². The van der Waals surface area contributed by atoms with Crippen molar-refractivity contribution in [3.8, 4) is 0 Å². The average molecular weight is 411 g/mol. The van der Waals surface area contributed by atoms with Crippen molar-refractivity contribution in [1.29, 1.82) is 0 Å². The number of anilines is 1. The second-order valence-electron chi connectivity index (χ2n) is 5.71. The zero-order valence-electron chi connectivity index (χ0n) is 14.8. The third-order valence-corrected chi connectivity index (χ3v) is 5.06. The summed E-state index contributed by atoms with van der Waals surface area (Å²) in [5.41, 5.74) is 1.38. The Morgan fingerprint density at radius 1 is 1.07 bits per heavy atom. The van der Waals surface area contributed by atoms with Crippen LogP contribution in [0.5, 0.6) is 0 Å². The predicted octanol–water partition coefficient (Wildman–Crippen LogP) is 2.21. The lowest BCUT2D eigenvalue weighted by molar-refractivity contribution is -0.119. The lowest BCUT2D eigenvalue weighted by atomic mass is 10.2. The van der Waals surface area contributed by atoms with E-state index in [4.69, 9.17) is 11.6 Å². The van der Waals surface area contributed by atoms with E-state index >= 15 is 0 Å². The Morgan fingerprint density at radius 3 is 2.19 bits per heavy atom. The maximum absolute atomic E-state index is 12.2. The summed E-state index contributed by atoms with van der Waals surface area (Å²) in [5, 5.41) is 3.25. The summed E-state index contributed by atoms with van der Waals surface area (Å²) in [6.45, 7) is -0.140. The fourth-order valence-electron chi connectivity index (χ4n) is 2.27. The maximum Gasteiger partial charge on any atom is 0.337 e. The number of rotatable bonds is 7. The van der Waals surface area contributed by atoms with Crippen molar-refractivity contribution in [2.24, 2.45) is 0 Å². The Bertz CT molecular complexity index is 912. The average Bonchev–Trinajstić information content (AvgIpc) is 2.64. The Labute approximate surface area is 162 Å². The number of nitrogens with one attached hydrogen (secondary N) is 1. The molecule has 144 valence electrons. The number of sulfonamides is 1. The van der Waals surface area contributed by atoms with E-state index in [2.05, 4.69) is 10.1 Å². The molecular formula is C18H19ClN2O5S. The van der Waals surface area contributed by atoms with E-state index in [0.717, 1.165) is 16.1 Å². The van der Waals surface area contributed by atoms with Crippen LogP contribution in [0.2, 0.25) is 5.02 Å². The standard InChI is InChI=1S/C18H19ClN2O5S/c1-26-18(23)14-5-9-16(10-6-14)21(27(2,24)25)12-17(22)20-11-13-3-7-15(19)8-4-13/h3-10H,11-12H2,1-2H3,(H,20,22). The van der Waals surface area contributed by atoms with Gasteiger partial charge in [0.2, 0.25) is 15.9 Å². The molecule has 0 spiro atoms. The summed E-state index contributed by atoms with van der Waals surface area (Å²) in [6, 6.07) is 12.7. The molecule has 2 aromatic carbocycles. The van der Waals surface area contributed by atoms with Crippen LogP contribution in [0.1, 0.15) is 15.9 Å². The van der Waals surface area contributed by atoms with E-state index in [1.54, 1.807) is 24.3 Å². The van der Waals surface area contributed by atoms with Crippen molar-refractivity contribution in [2.45, 2.75) is 6.54 Å². The van der Waals surface area contributed by atoms with Crippen molar-refractivity contribution in [2.75, 3.05) is 24.2 Å². The molecule has 9 heteroatoms.